The molecule has 1 aliphatic rings. The van der Waals surface area contributed by atoms with Crippen molar-refractivity contribution in [2.75, 3.05) is 6.54 Å². The molecule has 0 fully saturated rings. The Kier molecular flexibility index (Phi) is 5.66. The second-order valence-corrected chi connectivity index (χ2v) is 4.45. The van der Waals surface area contributed by atoms with Crippen molar-refractivity contribution in [3.8, 4) is 0 Å². The summed E-state index contributed by atoms with van der Waals surface area (Å²) in [5, 5.41) is 11.5. The molecule has 0 aliphatic carbocycles. The first-order valence-electron chi connectivity index (χ1n) is 6.13. The van der Waals surface area contributed by atoms with Crippen molar-refractivity contribution in [1.82, 2.24) is 5.32 Å². The molecular weight excluding hydrogens is 220 g/mol. The lowest BCUT2D eigenvalue weighted by molar-refractivity contribution is -0.141. The van der Waals surface area contributed by atoms with Gasteiger partial charge in [-0.3, -0.25) is 14.6 Å². The second kappa shape index (κ2) is 7.04. The van der Waals surface area contributed by atoms with Gasteiger partial charge in [0.25, 0.3) is 0 Å². The van der Waals surface area contributed by atoms with E-state index in [1.54, 1.807) is 13.1 Å². The molecule has 2 atom stereocenters. The number of nitrogens with zero attached hydrogens (tertiary/aromatic N) is 1. The summed E-state index contributed by atoms with van der Waals surface area (Å²) < 4.78 is 0. The van der Waals surface area contributed by atoms with Crippen LogP contribution in [0.5, 0.6) is 0 Å². The van der Waals surface area contributed by atoms with Crippen molar-refractivity contribution >= 4 is 18.1 Å². The minimum Gasteiger partial charge on any atom is -0.481 e. The molecule has 0 bridgehead atoms. The molecule has 0 aromatic carbocycles. The van der Waals surface area contributed by atoms with Crippen LogP contribution in [0.4, 0.5) is 0 Å². The number of hydrogen-bond acceptors (Lipinski definition) is 3. The SMILES string of the molecule is CC(CCCCNC(=O)C1CCC=N1)C(=O)O. The minimum absolute atomic E-state index is 0.00923. The highest BCUT2D eigenvalue weighted by atomic mass is 16.4. The van der Waals surface area contributed by atoms with Crippen LogP contribution in [0, 0.1) is 5.92 Å². The van der Waals surface area contributed by atoms with Crippen molar-refractivity contribution in [3.05, 3.63) is 0 Å². The number of amides is 1. The first-order valence-corrected chi connectivity index (χ1v) is 6.13. The van der Waals surface area contributed by atoms with Gasteiger partial charge in [0, 0.05) is 6.54 Å². The van der Waals surface area contributed by atoms with E-state index in [4.69, 9.17) is 5.11 Å². The molecule has 96 valence electrons. The Balaban J connectivity index is 2.02. The average Bonchev–Trinajstić information content (AvgIpc) is 2.81. The quantitative estimate of drug-likeness (QED) is 0.657. The van der Waals surface area contributed by atoms with E-state index in [0.717, 1.165) is 25.7 Å². The molecule has 0 aromatic rings. The van der Waals surface area contributed by atoms with Gasteiger partial charge in [-0.15, -0.1) is 0 Å². The highest BCUT2D eigenvalue weighted by molar-refractivity contribution is 5.85. The summed E-state index contributed by atoms with van der Waals surface area (Å²) in [7, 11) is 0. The maximum atomic E-state index is 11.5. The largest absolute Gasteiger partial charge is 0.481 e. The van der Waals surface area contributed by atoms with Crippen molar-refractivity contribution in [1.29, 1.82) is 0 Å². The number of aliphatic carboxylic acids is 1. The van der Waals surface area contributed by atoms with E-state index in [-0.39, 0.29) is 17.9 Å². The fraction of sp³-hybridized carbons (Fsp3) is 0.750. The van der Waals surface area contributed by atoms with Crippen LogP contribution >= 0.6 is 0 Å². The zero-order valence-electron chi connectivity index (χ0n) is 10.2. The number of carbonyl (C=O) groups is 2. The zero-order chi connectivity index (χ0) is 12.7. The van der Waals surface area contributed by atoms with Crippen molar-refractivity contribution < 1.29 is 14.7 Å². The van der Waals surface area contributed by atoms with Gasteiger partial charge in [0.05, 0.1) is 5.92 Å². The summed E-state index contributed by atoms with van der Waals surface area (Å²) in [4.78, 5) is 26.2. The molecule has 0 radical (unpaired) electrons. The number of carboxylic acid groups (broad SMARTS) is 1. The van der Waals surface area contributed by atoms with Gasteiger partial charge in [-0.05, 0) is 31.9 Å². The molecule has 0 saturated heterocycles. The first-order chi connectivity index (χ1) is 8.11. The number of hydrogen-bond donors (Lipinski definition) is 2. The number of nitrogens with one attached hydrogen (secondary N) is 1. The smallest absolute Gasteiger partial charge is 0.306 e. The van der Waals surface area contributed by atoms with Gasteiger partial charge in [-0.25, -0.2) is 0 Å². The van der Waals surface area contributed by atoms with Crippen LogP contribution in [0.1, 0.15) is 39.0 Å². The van der Waals surface area contributed by atoms with Gasteiger partial charge in [0.2, 0.25) is 5.91 Å². The average molecular weight is 240 g/mol. The van der Waals surface area contributed by atoms with E-state index in [2.05, 4.69) is 10.3 Å². The molecule has 1 rings (SSSR count). The molecule has 0 spiro atoms. The minimum atomic E-state index is -0.755. The molecule has 2 unspecified atom stereocenters. The predicted molar refractivity (Wildman–Crippen MR) is 65.2 cm³/mol. The summed E-state index contributed by atoms with van der Waals surface area (Å²) in [5.74, 6) is -1.07. The van der Waals surface area contributed by atoms with Crippen LogP contribution in [0.25, 0.3) is 0 Å². The standard InChI is InChI=1S/C12H20N2O3/c1-9(12(16)17)5-2-3-7-14-11(15)10-6-4-8-13-10/h8-10H,2-7H2,1H3,(H,14,15)(H,16,17). The number of rotatable bonds is 7. The molecular formula is C12H20N2O3. The third-order valence-corrected chi connectivity index (χ3v) is 2.94. The Morgan fingerprint density at radius 1 is 1.53 bits per heavy atom. The maximum Gasteiger partial charge on any atom is 0.306 e. The normalized spacial score (nSPS) is 20.2. The molecule has 1 heterocycles. The van der Waals surface area contributed by atoms with Crippen LogP contribution in [0.2, 0.25) is 0 Å². The van der Waals surface area contributed by atoms with E-state index in [0.29, 0.717) is 13.0 Å². The Bertz CT molecular complexity index is 302. The second-order valence-electron chi connectivity index (χ2n) is 4.45. The van der Waals surface area contributed by atoms with Crippen LogP contribution in [0.3, 0.4) is 0 Å². The van der Waals surface area contributed by atoms with E-state index in [1.165, 1.54) is 0 Å². The number of carboxylic acids is 1. The summed E-state index contributed by atoms with van der Waals surface area (Å²) in [6, 6.07) is -0.201. The lowest BCUT2D eigenvalue weighted by Crippen LogP contribution is -2.33. The zero-order valence-corrected chi connectivity index (χ0v) is 10.2. The molecule has 1 aliphatic heterocycles. The predicted octanol–water partition coefficient (Wildman–Crippen LogP) is 1.23. The highest BCUT2D eigenvalue weighted by Crippen LogP contribution is 2.09. The molecule has 5 heteroatoms. The fourth-order valence-corrected chi connectivity index (χ4v) is 1.74. The molecule has 0 aromatic heterocycles. The van der Waals surface area contributed by atoms with Crippen LogP contribution in [0.15, 0.2) is 4.99 Å². The molecule has 2 N–H and O–H groups in total. The van der Waals surface area contributed by atoms with Crippen molar-refractivity contribution in [2.45, 2.75) is 45.1 Å². The Morgan fingerprint density at radius 3 is 2.88 bits per heavy atom. The summed E-state index contributed by atoms with van der Waals surface area (Å²) >= 11 is 0. The van der Waals surface area contributed by atoms with Gasteiger partial charge in [-0.2, -0.15) is 0 Å². The van der Waals surface area contributed by atoms with Gasteiger partial charge < -0.3 is 10.4 Å². The fourth-order valence-electron chi connectivity index (χ4n) is 1.74. The highest BCUT2D eigenvalue weighted by Gasteiger charge is 2.18. The molecule has 1 amide bonds. The van der Waals surface area contributed by atoms with E-state index < -0.39 is 5.97 Å². The van der Waals surface area contributed by atoms with E-state index in [1.807, 2.05) is 0 Å². The Hall–Kier alpha value is -1.39. The molecule has 5 nitrogen and oxygen atoms in total. The molecule has 0 saturated carbocycles. The lowest BCUT2D eigenvalue weighted by Gasteiger charge is -2.09. The van der Waals surface area contributed by atoms with Gasteiger partial charge in [0.15, 0.2) is 0 Å². The monoisotopic (exact) mass is 240 g/mol. The summed E-state index contributed by atoms with van der Waals surface area (Å²) in [5.41, 5.74) is 0. The van der Waals surface area contributed by atoms with E-state index in [9.17, 15) is 9.59 Å². The first kappa shape index (κ1) is 13.7. The third-order valence-electron chi connectivity index (χ3n) is 2.94. The number of aliphatic imine (C=N–C) groups is 1. The lowest BCUT2D eigenvalue weighted by atomic mass is 10.0. The third kappa shape index (κ3) is 4.97. The Morgan fingerprint density at radius 2 is 2.29 bits per heavy atom. The molecule has 17 heavy (non-hydrogen) atoms. The van der Waals surface area contributed by atoms with Gasteiger partial charge in [-0.1, -0.05) is 13.3 Å². The van der Waals surface area contributed by atoms with Gasteiger partial charge >= 0.3 is 5.97 Å². The number of carbonyl (C=O) groups excluding carboxylic acids is 1. The topological polar surface area (TPSA) is 78.8 Å². The summed E-state index contributed by atoms with van der Waals surface area (Å²) in [6.07, 6.45) is 5.78. The van der Waals surface area contributed by atoms with Gasteiger partial charge in [0.1, 0.15) is 6.04 Å². The maximum absolute atomic E-state index is 11.5. The van der Waals surface area contributed by atoms with Crippen LogP contribution in [-0.2, 0) is 9.59 Å². The van der Waals surface area contributed by atoms with E-state index >= 15 is 0 Å². The van der Waals surface area contributed by atoms with Crippen molar-refractivity contribution in [3.63, 3.8) is 0 Å². The Labute approximate surface area is 101 Å². The van der Waals surface area contributed by atoms with Crippen molar-refractivity contribution in [2.24, 2.45) is 10.9 Å². The van der Waals surface area contributed by atoms with Crippen LogP contribution < -0.4 is 5.32 Å². The number of unbranched alkanes of at least 4 members (excludes halogenated alkanes) is 1. The van der Waals surface area contributed by atoms with Crippen LogP contribution in [-0.4, -0.2) is 35.8 Å². The summed E-state index contributed by atoms with van der Waals surface area (Å²) in [6.45, 7) is 2.31.